The number of rotatable bonds is 2. The third kappa shape index (κ3) is 5.99. The first kappa shape index (κ1) is 31.1. The van der Waals surface area contributed by atoms with Gasteiger partial charge in [0.2, 0.25) is 0 Å². The predicted octanol–water partition coefficient (Wildman–Crippen LogP) is 6.33. The Hall–Kier alpha value is -1.45. The van der Waals surface area contributed by atoms with Gasteiger partial charge in [0.25, 0.3) is 0 Å². The highest BCUT2D eigenvalue weighted by Crippen LogP contribution is 2.38. The van der Waals surface area contributed by atoms with Crippen molar-refractivity contribution in [1.29, 1.82) is 10.5 Å². The molecule has 2 saturated heterocycles. The van der Waals surface area contributed by atoms with Crippen LogP contribution in [0.1, 0.15) is 66.5 Å². The van der Waals surface area contributed by atoms with Crippen molar-refractivity contribution in [2.24, 2.45) is 0 Å². The van der Waals surface area contributed by atoms with Gasteiger partial charge in [-0.25, -0.2) is 0 Å². The highest BCUT2D eigenvalue weighted by Gasteiger charge is 2.53. The van der Waals surface area contributed by atoms with E-state index in [1.807, 2.05) is 61.5 Å². The molecule has 4 rings (SSSR count). The molecule has 12 heteroatoms. The fraction of sp³-hybridized carbons (Fsp3) is 0.462. The van der Waals surface area contributed by atoms with E-state index < -0.39 is 36.6 Å². The molecule has 0 aliphatic carbocycles. The van der Waals surface area contributed by atoms with Crippen molar-refractivity contribution in [1.82, 2.24) is 0 Å². The quantitative estimate of drug-likeness (QED) is 0.377. The number of nitriles is 2. The maximum absolute atomic E-state index is 9.19. The van der Waals surface area contributed by atoms with Crippen LogP contribution in [-0.2, 0) is 18.6 Å². The molecule has 2 fully saturated rings. The summed E-state index contributed by atoms with van der Waals surface area (Å²) in [5, 5.41) is 19.6. The Morgan fingerprint density at radius 3 is 1.42 bits per heavy atom. The van der Waals surface area contributed by atoms with Gasteiger partial charge in [-0.05, 0) is 79.7 Å². The average molecular weight is 596 g/mol. The Balaban J connectivity index is 0.000000211. The number of halogens is 4. The lowest BCUT2D eigenvalue weighted by molar-refractivity contribution is 0.00578. The fourth-order valence-electron chi connectivity index (χ4n) is 3.64. The SMILES string of the molecule is CC1(C)OB(c2cc(C#N)cc(Cl)c2Cl)OC1(C)C.CC1(C)OB(c2cc(Cl)c(Cl)cc2C#N)OC1(C)C. The number of benzene rings is 2. The average Bonchev–Trinajstić information content (AvgIpc) is 3.16. The van der Waals surface area contributed by atoms with Crippen LogP contribution in [-0.4, -0.2) is 36.6 Å². The zero-order valence-corrected chi connectivity index (χ0v) is 25.5. The first-order chi connectivity index (χ1) is 17.4. The van der Waals surface area contributed by atoms with E-state index in [2.05, 4.69) is 6.07 Å². The van der Waals surface area contributed by atoms with Crippen LogP contribution in [0.5, 0.6) is 0 Å². The minimum atomic E-state index is -0.622. The molecule has 0 N–H and O–H groups in total. The molecule has 0 amide bonds. The molecule has 0 bridgehead atoms. The van der Waals surface area contributed by atoms with E-state index in [-0.39, 0.29) is 0 Å². The predicted molar refractivity (Wildman–Crippen MR) is 154 cm³/mol. The van der Waals surface area contributed by atoms with Gasteiger partial charge >= 0.3 is 14.2 Å². The van der Waals surface area contributed by atoms with Crippen LogP contribution in [0.4, 0.5) is 0 Å². The van der Waals surface area contributed by atoms with Gasteiger partial charge in [-0.3, -0.25) is 0 Å². The van der Waals surface area contributed by atoms with Gasteiger partial charge in [0, 0.05) is 10.9 Å². The lowest BCUT2D eigenvalue weighted by Gasteiger charge is -2.32. The van der Waals surface area contributed by atoms with Crippen LogP contribution in [0, 0.1) is 22.7 Å². The molecule has 0 aromatic heterocycles. The normalized spacial score (nSPS) is 20.4. The Morgan fingerprint density at radius 1 is 0.579 bits per heavy atom. The maximum Gasteiger partial charge on any atom is 0.496 e. The molecule has 2 aliphatic heterocycles. The van der Waals surface area contributed by atoms with Crippen molar-refractivity contribution in [3.05, 3.63) is 55.5 Å². The largest absolute Gasteiger partial charge is 0.496 e. The molecule has 0 spiro atoms. The minimum Gasteiger partial charge on any atom is -0.399 e. The Bertz CT molecular complexity index is 1300. The van der Waals surface area contributed by atoms with E-state index in [9.17, 15) is 5.26 Å². The fourth-order valence-corrected chi connectivity index (χ4v) is 4.40. The van der Waals surface area contributed by atoms with Crippen molar-refractivity contribution >= 4 is 71.6 Å². The van der Waals surface area contributed by atoms with Gasteiger partial charge in [0.05, 0.1) is 65.8 Å². The van der Waals surface area contributed by atoms with Gasteiger partial charge in [-0.15, -0.1) is 0 Å². The molecule has 2 aromatic rings. The van der Waals surface area contributed by atoms with E-state index in [4.69, 9.17) is 70.3 Å². The number of hydrogen-bond acceptors (Lipinski definition) is 6. The second-order valence-corrected chi connectivity index (χ2v) is 12.7. The van der Waals surface area contributed by atoms with Crippen LogP contribution in [0.15, 0.2) is 24.3 Å². The summed E-state index contributed by atoms with van der Waals surface area (Å²) in [5.74, 6) is 0. The maximum atomic E-state index is 9.19. The number of nitrogens with zero attached hydrogens (tertiary/aromatic N) is 2. The van der Waals surface area contributed by atoms with Crippen molar-refractivity contribution < 1.29 is 18.6 Å². The molecular formula is C26H28B2Cl4N2O4. The molecule has 38 heavy (non-hydrogen) atoms. The van der Waals surface area contributed by atoms with Crippen LogP contribution in [0.2, 0.25) is 20.1 Å². The zero-order valence-electron chi connectivity index (χ0n) is 22.5. The molecule has 0 unspecified atom stereocenters. The van der Waals surface area contributed by atoms with Gasteiger partial charge in [0.15, 0.2) is 0 Å². The molecular weight excluding hydrogens is 568 g/mol. The second-order valence-electron chi connectivity index (χ2n) is 11.1. The molecule has 200 valence electrons. The van der Waals surface area contributed by atoms with Crippen molar-refractivity contribution in [3.63, 3.8) is 0 Å². The first-order valence-corrected chi connectivity index (χ1v) is 13.4. The van der Waals surface area contributed by atoms with Gasteiger partial charge in [-0.1, -0.05) is 46.4 Å². The Kier molecular flexibility index (Phi) is 8.87. The third-order valence-electron chi connectivity index (χ3n) is 7.41. The van der Waals surface area contributed by atoms with Crippen LogP contribution in [0.3, 0.4) is 0 Å². The van der Waals surface area contributed by atoms with Crippen LogP contribution >= 0.6 is 46.4 Å². The number of hydrogen-bond donors (Lipinski definition) is 0. The topological polar surface area (TPSA) is 84.5 Å². The summed E-state index contributed by atoms with van der Waals surface area (Å²) >= 11 is 24.1. The summed E-state index contributed by atoms with van der Waals surface area (Å²) in [5.41, 5.74) is 0.186. The molecule has 0 radical (unpaired) electrons. The molecule has 2 heterocycles. The van der Waals surface area contributed by atoms with Crippen molar-refractivity contribution in [2.75, 3.05) is 0 Å². The van der Waals surface area contributed by atoms with E-state index in [0.717, 1.165) is 0 Å². The van der Waals surface area contributed by atoms with Gasteiger partial charge in [-0.2, -0.15) is 10.5 Å². The van der Waals surface area contributed by atoms with E-state index >= 15 is 0 Å². The highest BCUT2D eigenvalue weighted by atomic mass is 35.5. The van der Waals surface area contributed by atoms with Gasteiger partial charge < -0.3 is 18.6 Å². The smallest absolute Gasteiger partial charge is 0.399 e. The van der Waals surface area contributed by atoms with E-state index in [1.54, 1.807) is 12.1 Å². The molecule has 2 aliphatic rings. The third-order valence-corrected chi connectivity index (χ3v) is 8.95. The summed E-state index contributed by atoms with van der Waals surface area (Å²) in [6, 6.07) is 10.5. The minimum absolute atomic E-state index is 0.324. The summed E-state index contributed by atoms with van der Waals surface area (Å²) < 4.78 is 23.6. The van der Waals surface area contributed by atoms with E-state index in [0.29, 0.717) is 42.1 Å². The van der Waals surface area contributed by atoms with E-state index in [1.165, 1.54) is 12.1 Å². The Labute approximate surface area is 245 Å². The van der Waals surface area contributed by atoms with Crippen LogP contribution < -0.4 is 10.9 Å². The first-order valence-electron chi connectivity index (χ1n) is 11.8. The summed E-state index contributed by atoms with van der Waals surface area (Å²) in [7, 11) is -1.24. The molecule has 6 nitrogen and oxygen atoms in total. The molecule has 2 aromatic carbocycles. The van der Waals surface area contributed by atoms with Crippen molar-refractivity contribution in [3.8, 4) is 12.1 Å². The lowest BCUT2D eigenvalue weighted by atomic mass is 9.76. The van der Waals surface area contributed by atoms with Gasteiger partial charge in [0.1, 0.15) is 0 Å². The standard InChI is InChI=1S/2C13H14BCl2NO2/c1-12(2)13(3,4)19-14(18-12)9-6-11(16)10(15)5-8(9)7-17;1-12(2)13(3,4)19-14(18-12)9-5-8(7-17)6-10(15)11(9)16/h2*5-6H,1-4H3. The highest BCUT2D eigenvalue weighted by molar-refractivity contribution is 6.67. The molecule has 0 saturated carbocycles. The van der Waals surface area contributed by atoms with Crippen LogP contribution in [0.25, 0.3) is 0 Å². The monoisotopic (exact) mass is 594 g/mol. The van der Waals surface area contributed by atoms with Crippen molar-refractivity contribution in [2.45, 2.75) is 77.8 Å². The molecule has 0 atom stereocenters. The summed E-state index contributed by atoms with van der Waals surface area (Å²) in [6.45, 7) is 15.6. The lowest BCUT2D eigenvalue weighted by Crippen LogP contribution is -2.41. The second kappa shape index (κ2) is 10.8. The summed E-state index contributed by atoms with van der Waals surface area (Å²) in [4.78, 5) is 0. The Morgan fingerprint density at radius 2 is 1.00 bits per heavy atom. The zero-order chi connectivity index (χ0) is 28.8. The summed E-state index contributed by atoms with van der Waals surface area (Å²) in [6.07, 6.45) is 0.